The Labute approximate surface area is 164 Å². The lowest BCUT2D eigenvalue weighted by Gasteiger charge is -2.32. The molecule has 1 aliphatic rings. The molecule has 1 fully saturated rings. The molecule has 2 heterocycles. The summed E-state index contributed by atoms with van der Waals surface area (Å²) in [6.45, 7) is 0.994. The summed E-state index contributed by atoms with van der Waals surface area (Å²) in [5.41, 5.74) is 0. The van der Waals surface area contributed by atoms with Gasteiger partial charge in [0.05, 0.1) is 24.3 Å². The number of benzene rings is 1. The van der Waals surface area contributed by atoms with Gasteiger partial charge < -0.3 is 14.4 Å². The summed E-state index contributed by atoms with van der Waals surface area (Å²) in [5.74, 6) is -0.00747. The van der Waals surface area contributed by atoms with Crippen LogP contribution in [0.25, 0.3) is 0 Å². The van der Waals surface area contributed by atoms with E-state index in [9.17, 15) is 13.2 Å². The largest absolute Gasteiger partial charge is 0.472 e. The van der Waals surface area contributed by atoms with Gasteiger partial charge in [0.1, 0.15) is 6.10 Å². The van der Waals surface area contributed by atoms with Crippen molar-refractivity contribution in [1.29, 1.82) is 0 Å². The van der Waals surface area contributed by atoms with E-state index in [2.05, 4.69) is 9.97 Å². The summed E-state index contributed by atoms with van der Waals surface area (Å²) >= 11 is 0. The van der Waals surface area contributed by atoms with Crippen molar-refractivity contribution in [2.75, 3.05) is 26.0 Å². The number of ether oxygens (including phenoxy) is 2. The predicted octanol–water partition coefficient (Wildman–Crippen LogP) is 1.72. The fourth-order valence-electron chi connectivity index (χ4n) is 3.05. The van der Waals surface area contributed by atoms with Gasteiger partial charge in [-0.05, 0) is 25.0 Å². The van der Waals surface area contributed by atoms with Gasteiger partial charge in [0.15, 0.2) is 9.84 Å². The first-order valence-electron chi connectivity index (χ1n) is 9.07. The highest BCUT2D eigenvalue weighted by Crippen LogP contribution is 2.19. The highest BCUT2D eigenvalue weighted by molar-refractivity contribution is 7.91. The molecule has 8 nitrogen and oxygen atoms in total. The van der Waals surface area contributed by atoms with E-state index >= 15 is 0 Å². The summed E-state index contributed by atoms with van der Waals surface area (Å²) < 4.78 is 35.6. The summed E-state index contributed by atoms with van der Waals surface area (Å²) in [4.78, 5) is 22.5. The number of carbonyl (C=O) groups is 1. The molecule has 1 amide bonds. The molecule has 0 radical (unpaired) electrons. The van der Waals surface area contributed by atoms with Gasteiger partial charge in [-0.2, -0.15) is 4.98 Å². The first-order valence-corrected chi connectivity index (χ1v) is 10.7. The molecular formula is C19H23N3O5S. The van der Waals surface area contributed by atoms with E-state index in [1.54, 1.807) is 47.5 Å². The molecular weight excluding hydrogens is 382 g/mol. The highest BCUT2D eigenvalue weighted by atomic mass is 32.2. The molecule has 0 spiro atoms. The maximum atomic E-state index is 12.5. The van der Waals surface area contributed by atoms with Crippen LogP contribution in [0.4, 0.5) is 0 Å². The molecule has 2 aromatic rings. The standard InChI is InChI=1S/C19H23N3O5S/c1-26-19-20-11-9-17(21-19)27-15-6-5-12-22(14-15)18(23)10-13-28(24,25)16-7-3-2-4-8-16/h2-4,7-9,11,15H,5-6,10,12-14H2,1H3. The van der Waals surface area contributed by atoms with Gasteiger partial charge >= 0.3 is 6.01 Å². The normalized spacial score (nSPS) is 17.2. The minimum absolute atomic E-state index is 0.0503. The van der Waals surface area contributed by atoms with Crippen molar-refractivity contribution < 1.29 is 22.7 Å². The second-order valence-electron chi connectivity index (χ2n) is 6.49. The van der Waals surface area contributed by atoms with Crippen molar-refractivity contribution in [3.05, 3.63) is 42.6 Å². The maximum Gasteiger partial charge on any atom is 0.319 e. The third kappa shape index (κ3) is 5.19. The van der Waals surface area contributed by atoms with E-state index in [0.29, 0.717) is 19.0 Å². The lowest BCUT2D eigenvalue weighted by atomic mass is 10.1. The van der Waals surface area contributed by atoms with Gasteiger partial charge in [-0.15, -0.1) is 0 Å². The van der Waals surface area contributed by atoms with Gasteiger partial charge in [-0.25, -0.2) is 13.4 Å². The number of rotatable bonds is 7. The van der Waals surface area contributed by atoms with Gasteiger partial charge in [0, 0.05) is 25.2 Å². The van der Waals surface area contributed by atoms with Gasteiger partial charge in [0.2, 0.25) is 11.8 Å². The van der Waals surface area contributed by atoms with Crippen LogP contribution >= 0.6 is 0 Å². The van der Waals surface area contributed by atoms with Crippen LogP contribution in [0.1, 0.15) is 19.3 Å². The highest BCUT2D eigenvalue weighted by Gasteiger charge is 2.26. The fourth-order valence-corrected chi connectivity index (χ4v) is 4.30. The molecule has 9 heteroatoms. The molecule has 1 aromatic heterocycles. The minimum Gasteiger partial charge on any atom is -0.472 e. The summed E-state index contributed by atoms with van der Waals surface area (Å²) in [7, 11) is -2.00. The zero-order chi connectivity index (χ0) is 20.0. The van der Waals surface area contributed by atoms with Crippen LogP contribution in [0.2, 0.25) is 0 Å². The number of nitrogens with zero attached hydrogens (tertiary/aromatic N) is 3. The maximum absolute atomic E-state index is 12.5. The van der Waals surface area contributed by atoms with Crippen LogP contribution in [0.15, 0.2) is 47.5 Å². The smallest absolute Gasteiger partial charge is 0.319 e. The van der Waals surface area contributed by atoms with Crippen LogP contribution in [-0.2, 0) is 14.6 Å². The average Bonchev–Trinajstić information content (AvgIpc) is 2.73. The topological polar surface area (TPSA) is 98.7 Å². The SMILES string of the molecule is COc1nccc(OC2CCCN(C(=O)CCS(=O)(=O)c3ccccc3)C2)n1. The number of amides is 1. The number of carbonyl (C=O) groups excluding carboxylic acids is 1. The Morgan fingerprint density at radius 1 is 1.25 bits per heavy atom. The number of hydrogen-bond acceptors (Lipinski definition) is 7. The lowest BCUT2D eigenvalue weighted by Crippen LogP contribution is -2.44. The van der Waals surface area contributed by atoms with Crippen LogP contribution in [0, 0.1) is 0 Å². The molecule has 1 aliphatic heterocycles. The minimum atomic E-state index is -3.47. The summed E-state index contributed by atoms with van der Waals surface area (Å²) in [6, 6.07) is 10.0. The Morgan fingerprint density at radius 3 is 2.79 bits per heavy atom. The van der Waals surface area contributed by atoms with Crippen molar-refractivity contribution in [3.63, 3.8) is 0 Å². The first-order chi connectivity index (χ1) is 13.5. The zero-order valence-corrected chi connectivity index (χ0v) is 16.5. The first kappa shape index (κ1) is 20.1. The quantitative estimate of drug-likeness (QED) is 0.692. The molecule has 1 saturated heterocycles. The molecule has 150 valence electrons. The molecule has 0 bridgehead atoms. The molecule has 1 unspecified atom stereocenters. The van der Waals surface area contributed by atoms with Crippen LogP contribution < -0.4 is 9.47 Å². The molecule has 3 rings (SSSR count). The molecule has 0 aliphatic carbocycles. The third-order valence-electron chi connectivity index (χ3n) is 4.50. The van der Waals surface area contributed by atoms with Gasteiger partial charge in [-0.3, -0.25) is 4.79 Å². The van der Waals surface area contributed by atoms with E-state index in [1.807, 2.05) is 0 Å². The van der Waals surface area contributed by atoms with E-state index < -0.39 is 9.84 Å². The van der Waals surface area contributed by atoms with E-state index in [0.717, 1.165) is 12.8 Å². The average molecular weight is 405 g/mol. The number of aromatic nitrogens is 2. The lowest BCUT2D eigenvalue weighted by molar-refractivity contribution is -0.133. The molecule has 1 atom stereocenters. The Morgan fingerprint density at radius 2 is 2.04 bits per heavy atom. The Bertz CT molecular complexity index is 905. The molecule has 1 aromatic carbocycles. The van der Waals surface area contributed by atoms with Gasteiger partial charge in [-0.1, -0.05) is 18.2 Å². The third-order valence-corrected chi connectivity index (χ3v) is 6.23. The number of likely N-dealkylation sites (tertiary alicyclic amines) is 1. The van der Waals surface area contributed by atoms with Crippen LogP contribution in [0.5, 0.6) is 11.9 Å². The molecule has 0 N–H and O–H groups in total. The molecule has 28 heavy (non-hydrogen) atoms. The van der Waals surface area contributed by atoms with E-state index in [-0.39, 0.29) is 35.1 Å². The second kappa shape index (κ2) is 9.01. The van der Waals surface area contributed by atoms with Crippen molar-refractivity contribution in [2.24, 2.45) is 0 Å². The van der Waals surface area contributed by atoms with E-state index in [1.165, 1.54) is 7.11 Å². The summed E-state index contributed by atoms with van der Waals surface area (Å²) in [6.07, 6.45) is 2.86. The second-order valence-corrected chi connectivity index (χ2v) is 8.59. The number of hydrogen-bond donors (Lipinski definition) is 0. The van der Waals surface area contributed by atoms with Crippen LogP contribution in [0.3, 0.4) is 0 Å². The summed E-state index contributed by atoms with van der Waals surface area (Å²) in [5, 5.41) is 0. The van der Waals surface area contributed by atoms with Crippen molar-refractivity contribution in [3.8, 4) is 11.9 Å². The number of methoxy groups -OCH3 is 1. The molecule has 0 saturated carbocycles. The number of sulfone groups is 1. The van der Waals surface area contributed by atoms with Crippen molar-refractivity contribution >= 4 is 15.7 Å². The van der Waals surface area contributed by atoms with Crippen LogP contribution in [-0.4, -0.2) is 61.2 Å². The fraction of sp³-hybridized carbons (Fsp3) is 0.421. The van der Waals surface area contributed by atoms with Gasteiger partial charge in [0.25, 0.3) is 0 Å². The monoisotopic (exact) mass is 405 g/mol. The van der Waals surface area contributed by atoms with E-state index in [4.69, 9.17) is 9.47 Å². The zero-order valence-electron chi connectivity index (χ0n) is 15.7. The number of piperidine rings is 1. The Balaban J connectivity index is 1.55. The van der Waals surface area contributed by atoms with Crippen molar-refractivity contribution in [2.45, 2.75) is 30.3 Å². The Kier molecular flexibility index (Phi) is 6.45. The Hall–Kier alpha value is -2.68. The van der Waals surface area contributed by atoms with Crippen molar-refractivity contribution in [1.82, 2.24) is 14.9 Å². The predicted molar refractivity (Wildman–Crippen MR) is 102 cm³/mol.